The maximum atomic E-state index is 12.6. The zero-order valence-electron chi connectivity index (χ0n) is 18.4. The SMILES string of the molecule is CNC(=O)c1cc(Oc2ccc(C3(NC(=O)Nc4ccc(C)cc4C)CC3)cc2)ccn1. The maximum absolute atomic E-state index is 12.6. The summed E-state index contributed by atoms with van der Waals surface area (Å²) in [4.78, 5) is 28.4. The summed E-state index contributed by atoms with van der Waals surface area (Å²) in [6, 6.07) is 16.7. The number of benzene rings is 2. The first-order chi connectivity index (χ1) is 15.4. The van der Waals surface area contributed by atoms with Crippen LogP contribution >= 0.6 is 0 Å². The molecule has 2 aromatic carbocycles. The lowest BCUT2D eigenvalue weighted by Crippen LogP contribution is -2.38. The van der Waals surface area contributed by atoms with Gasteiger partial charge in [0.05, 0.1) is 5.54 Å². The first kappa shape index (κ1) is 21.4. The van der Waals surface area contributed by atoms with E-state index < -0.39 is 0 Å². The number of hydrogen-bond acceptors (Lipinski definition) is 4. The van der Waals surface area contributed by atoms with Crippen LogP contribution in [0.25, 0.3) is 0 Å². The van der Waals surface area contributed by atoms with E-state index in [4.69, 9.17) is 4.74 Å². The van der Waals surface area contributed by atoms with E-state index in [0.717, 1.165) is 35.2 Å². The van der Waals surface area contributed by atoms with Gasteiger partial charge in [0, 0.05) is 25.0 Å². The van der Waals surface area contributed by atoms with Gasteiger partial charge in [-0.25, -0.2) is 4.79 Å². The fourth-order valence-electron chi connectivity index (χ4n) is 3.64. The average Bonchev–Trinajstić information content (AvgIpc) is 3.56. The Morgan fingerprint density at radius 2 is 1.72 bits per heavy atom. The normalized spacial score (nSPS) is 13.7. The summed E-state index contributed by atoms with van der Waals surface area (Å²) in [6.07, 6.45) is 3.30. The van der Waals surface area contributed by atoms with Crippen molar-refractivity contribution < 1.29 is 14.3 Å². The van der Waals surface area contributed by atoms with Crippen molar-refractivity contribution in [3.8, 4) is 11.5 Å². The number of aromatic nitrogens is 1. The largest absolute Gasteiger partial charge is 0.457 e. The van der Waals surface area contributed by atoms with Crippen molar-refractivity contribution in [3.05, 3.63) is 83.2 Å². The molecule has 1 fully saturated rings. The number of rotatable bonds is 6. The number of carbonyl (C=O) groups is 2. The van der Waals surface area contributed by atoms with Crippen LogP contribution in [-0.4, -0.2) is 24.0 Å². The molecule has 7 nitrogen and oxygen atoms in total. The molecule has 1 heterocycles. The molecule has 1 aromatic heterocycles. The second kappa shape index (κ2) is 8.70. The highest BCUT2D eigenvalue weighted by Gasteiger charge is 2.45. The number of urea groups is 1. The Labute approximate surface area is 187 Å². The van der Waals surface area contributed by atoms with Crippen LogP contribution in [-0.2, 0) is 5.54 Å². The fraction of sp³-hybridized carbons (Fsp3) is 0.240. The minimum atomic E-state index is -0.357. The van der Waals surface area contributed by atoms with Gasteiger partial charge in [0.1, 0.15) is 17.2 Å². The summed E-state index contributed by atoms with van der Waals surface area (Å²) in [5.41, 5.74) is 3.96. The van der Waals surface area contributed by atoms with Gasteiger partial charge < -0.3 is 20.7 Å². The molecule has 3 aromatic rings. The molecule has 1 saturated carbocycles. The number of hydrogen-bond donors (Lipinski definition) is 3. The molecule has 3 amide bonds. The Hall–Kier alpha value is -3.87. The quantitative estimate of drug-likeness (QED) is 0.530. The molecule has 0 bridgehead atoms. The Balaban J connectivity index is 1.41. The predicted molar refractivity (Wildman–Crippen MR) is 123 cm³/mol. The topological polar surface area (TPSA) is 92.4 Å². The summed E-state index contributed by atoms with van der Waals surface area (Å²) < 4.78 is 5.86. The molecule has 0 radical (unpaired) electrons. The highest BCUT2D eigenvalue weighted by molar-refractivity contribution is 5.92. The van der Waals surface area contributed by atoms with Crippen LogP contribution in [0.1, 0.15) is 40.0 Å². The van der Waals surface area contributed by atoms with Crippen LogP contribution in [0, 0.1) is 13.8 Å². The maximum Gasteiger partial charge on any atom is 0.319 e. The van der Waals surface area contributed by atoms with Crippen LogP contribution in [0.4, 0.5) is 10.5 Å². The summed E-state index contributed by atoms with van der Waals surface area (Å²) in [5.74, 6) is 0.892. The van der Waals surface area contributed by atoms with E-state index in [1.807, 2.05) is 56.3 Å². The van der Waals surface area contributed by atoms with Crippen molar-refractivity contribution >= 4 is 17.6 Å². The molecule has 164 valence electrons. The molecule has 0 aliphatic heterocycles. The van der Waals surface area contributed by atoms with Crippen molar-refractivity contribution in [3.63, 3.8) is 0 Å². The van der Waals surface area contributed by atoms with Crippen LogP contribution in [0.2, 0.25) is 0 Å². The highest BCUT2D eigenvalue weighted by atomic mass is 16.5. The average molecular weight is 431 g/mol. The molecule has 4 rings (SSSR count). The lowest BCUT2D eigenvalue weighted by molar-refractivity contribution is 0.0958. The Kier molecular flexibility index (Phi) is 5.81. The number of amides is 3. The number of carbonyl (C=O) groups excluding carboxylic acids is 2. The summed E-state index contributed by atoms with van der Waals surface area (Å²) in [6.45, 7) is 4.01. The number of pyridine rings is 1. The van der Waals surface area contributed by atoms with E-state index in [1.165, 1.54) is 6.20 Å². The Morgan fingerprint density at radius 1 is 0.969 bits per heavy atom. The monoisotopic (exact) mass is 430 g/mol. The van der Waals surface area contributed by atoms with Crippen molar-refractivity contribution in [2.24, 2.45) is 0 Å². The van der Waals surface area contributed by atoms with Crippen molar-refractivity contribution in [2.45, 2.75) is 32.2 Å². The molecule has 1 aliphatic carbocycles. The van der Waals surface area contributed by atoms with E-state index in [0.29, 0.717) is 11.5 Å². The molecular weight excluding hydrogens is 404 g/mol. The summed E-state index contributed by atoms with van der Waals surface area (Å²) in [7, 11) is 1.56. The van der Waals surface area contributed by atoms with Crippen LogP contribution < -0.4 is 20.7 Å². The Bertz CT molecular complexity index is 1150. The third kappa shape index (κ3) is 4.72. The number of nitrogens with one attached hydrogen (secondary N) is 3. The number of aryl methyl sites for hydroxylation is 2. The molecule has 0 unspecified atom stereocenters. The lowest BCUT2D eigenvalue weighted by atomic mass is 10.0. The number of anilines is 1. The number of ether oxygens (including phenoxy) is 1. The van der Waals surface area contributed by atoms with Crippen molar-refractivity contribution in [1.82, 2.24) is 15.6 Å². The molecule has 32 heavy (non-hydrogen) atoms. The van der Waals surface area contributed by atoms with Gasteiger partial charge in [0.2, 0.25) is 0 Å². The van der Waals surface area contributed by atoms with Gasteiger partial charge >= 0.3 is 6.03 Å². The second-order valence-corrected chi connectivity index (χ2v) is 8.06. The van der Waals surface area contributed by atoms with E-state index in [9.17, 15) is 9.59 Å². The minimum absolute atomic E-state index is 0.215. The lowest BCUT2D eigenvalue weighted by Gasteiger charge is -2.19. The van der Waals surface area contributed by atoms with Gasteiger partial charge in [-0.15, -0.1) is 0 Å². The van der Waals surface area contributed by atoms with E-state index in [2.05, 4.69) is 20.9 Å². The standard InChI is InChI=1S/C25H26N4O3/c1-16-4-9-21(17(2)14-16)28-24(31)29-25(11-12-25)18-5-7-19(8-6-18)32-20-10-13-27-22(15-20)23(30)26-3/h4-10,13-15H,11-12H2,1-3H3,(H,26,30)(H2,28,29,31). The first-order valence-electron chi connectivity index (χ1n) is 10.5. The fourth-order valence-corrected chi connectivity index (χ4v) is 3.64. The van der Waals surface area contributed by atoms with E-state index >= 15 is 0 Å². The first-order valence-corrected chi connectivity index (χ1v) is 10.5. The second-order valence-electron chi connectivity index (χ2n) is 8.06. The highest BCUT2D eigenvalue weighted by Crippen LogP contribution is 2.46. The summed E-state index contributed by atoms with van der Waals surface area (Å²) in [5, 5.41) is 8.62. The molecule has 3 N–H and O–H groups in total. The summed E-state index contributed by atoms with van der Waals surface area (Å²) >= 11 is 0. The molecular formula is C25H26N4O3. The van der Waals surface area contributed by atoms with Gasteiger partial charge in [-0.2, -0.15) is 0 Å². The van der Waals surface area contributed by atoms with Crippen molar-refractivity contribution in [2.75, 3.05) is 12.4 Å². The van der Waals surface area contributed by atoms with E-state index in [1.54, 1.807) is 19.2 Å². The zero-order valence-corrected chi connectivity index (χ0v) is 18.4. The zero-order chi connectivity index (χ0) is 22.7. The molecule has 1 aliphatic rings. The van der Waals surface area contributed by atoms with E-state index in [-0.39, 0.29) is 23.2 Å². The van der Waals surface area contributed by atoms with Gasteiger partial charge in [-0.1, -0.05) is 29.8 Å². The van der Waals surface area contributed by atoms with Gasteiger partial charge in [-0.3, -0.25) is 9.78 Å². The molecule has 0 atom stereocenters. The van der Waals surface area contributed by atoms with Crippen LogP contribution in [0.5, 0.6) is 11.5 Å². The third-order valence-corrected chi connectivity index (χ3v) is 5.57. The number of nitrogens with zero attached hydrogens (tertiary/aromatic N) is 1. The predicted octanol–water partition coefficient (Wildman–Crippen LogP) is 4.66. The Morgan fingerprint density at radius 3 is 2.38 bits per heavy atom. The van der Waals surface area contributed by atoms with Gasteiger partial charge in [-0.05, 0) is 62.1 Å². The molecule has 0 spiro atoms. The minimum Gasteiger partial charge on any atom is -0.457 e. The van der Waals surface area contributed by atoms with Gasteiger partial charge in [0.15, 0.2) is 0 Å². The van der Waals surface area contributed by atoms with Crippen LogP contribution in [0.15, 0.2) is 60.8 Å². The smallest absolute Gasteiger partial charge is 0.319 e. The molecule has 0 saturated heterocycles. The van der Waals surface area contributed by atoms with Gasteiger partial charge in [0.25, 0.3) is 5.91 Å². The third-order valence-electron chi connectivity index (χ3n) is 5.57. The van der Waals surface area contributed by atoms with Crippen LogP contribution in [0.3, 0.4) is 0 Å². The van der Waals surface area contributed by atoms with Crippen molar-refractivity contribution in [1.29, 1.82) is 0 Å². The molecule has 7 heteroatoms.